The first kappa shape index (κ1) is 18.8. The van der Waals surface area contributed by atoms with Gasteiger partial charge in [-0.3, -0.25) is 5.10 Å². The van der Waals surface area contributed by atoms with Gasteiger partial charge < -0.3 is 19.4 Å². The summed E-state index contributed by atoms with van der Waals surface area (Å²) in [7, 11) is 0. The highest BCUT2D eigenvalue weighted by atomic mass is 16.5. The van der Waals surface area contributed by atoms with Gasteiger partial charge in [-0.2, -0.15) is 10.1 Å². The number of nitrogens with zero attached hydrogens (tertiary/aromatic N) is 5. The first-order valence-electron chi connectivity index (χ1n) is 10.5. The van der Waals surface area contributed by atoms with Crippen LogP contribution in [0.4, 0.5) is 17.6 Å². The second-order valence-corrected chi connectivity index (χ2v) is 7.71. The van der Waals surface area contributed by atoms with E-state index in [4.69, 9.17) is 19.1 Å². The van der Waals surface area contributed by atoms with Crippen LogP contribution < -0.4 is 10.2 Å². The molecular weight excluding hydrogens is 406 g/mol. The third kappa shape index (κ3) is 3.23. The molecule has 0 amide bonds. The van der Waals surface area contributed by atoms with Gasteiger partial charge in [0.15, 0.2) is 11.4 Å². The number of nitrogens with one attached hydrogen (secondary N) is 2. The zero-order valence-electron chi connectivity index (χ0n) is 17.5. The van der Waals surface area contributed by atoms with Crippen molar-refractivity contribution >= 4 is 39.8 Å². The second kappa shape index (κ2) is 7.61. The fraction of sp³-hybridized carbons (Fsp3) is 0.217. The Kier molecular flexibility index (Phi) is 4.46. The maximum absolute atomic E-state index is 6.05. The van der Waals surface area contributed by atoms with E-state index in [2.05, 4.69) is 44.5 Å². The molecule has 1 aromatic carbocycles. The minimum Gasteiger partial charge on any atom is -0.432 e. The summed E-state index contributed by atoms with van der Waals surface area (Å²) >= 11 is 0. The average molecular weight is 427 g/mol. The lowest BCUT2D eigenvalue weighted by molar-refractivity contribution is 0.122. The lowest BCUT2D eigenvalue weighted by Crippen LogP contribution is -2.37. The smallest absolute Gasteiger partial charge is 0.231 e. The molecule has 1 aliphatic rings. The third-order valence-electron chi connectivity index (χ3n) is 5.63. The predicted octanol–water partition coefficient (Wildman–Crippen LogP) is 4.05. The van der Waals surface area contributed by atoms with Gasteiger partial charge in [-0.15, -0.1) is 0 Å². The van der Waals surface area contributed by atoms with E-state index in [1.54, 1.807) is 6.20 Å². The van der Waals surface area contributed by atoms with Crippen LogP contribution in [0.1, 0.15) is 5.56 Å². The van der Waals surface area contributed by atoms with Crippen LogP contribution in [0, 0.1) is 6.92 Å². The van der Waals surface area contributed by atoms with Crippen molar-refractivity contribution < 1.29 is 9.15 Å². The number of hydrogen-bond donors (Lipinski definition) is 2. The van der Waals surface area contributed by atoms with Crippen LogP contribution in [0.15, 0.2) is 53.1 Å². The number of anilines is 3. The molecule has 9 heteroatoms. The van der Waals surface area contributed by atoms with Crippen LogP contribution in [0.2, 0.25) is 0 Å². The van der Waals surface area contributed by atoms with E-state index < -0.39 is 0 Å². The lowest BCUT2D eigenvalue weighted by atomic mass is 10.1. The summed E-state index contributed by atoms with van der Waals surface area (Å²) in [4.78, 5) is 16.1. The number of H-pyrrole nitrogens is 1. The highest BCUT2D eigenvalue weighted by Crippen LogP contribution is 2.34. The molecule has 1 saturated heterocycles. The molecule has 160 valence electrons. The minimum atomic E-state index is 0.463. The Morgan fingerprint density at radius 2 is 1.94 bits per heavy atom. The van der Waals surface area contributed by atoms with Crippen molar-refractivity contribution in [1.29, 1.82) is 0 Å². The quantitative estimate of drug-likeness (QED) is 0.443. The van der Waals surface area contributed by atoms with Crippen molar-refractivity contribution in [2.75, 3.05) is 36.5 Å². The van der Waals surface area contributed by atoms with Crippen LogP contribution in [0.25, 0.3) is 33.5 Å². The summed E-state index contributed by atoms with van der Waals surface area (Å²) in [5, 5.41) is 11.6. The Bertz CT molecular complexity index is 1420. The third-order valence-corrected chi connectivity index (χ3v) is 5.63. The first-order valence-corrected chi connectivity index (χ1v) is 10.5. The summed E-state index contributed by atoms with van der Waals surface area (Å²) < 4.78 is 11.6. The Morgan fingerprint density at radius 1 is 1.06 bits per heavy atom. The zero-order valence-corrected chi connectivity index (χ0v) is 17.5. The van der Waals surface area contributed by atoms with Crippen LogP contribution in [0.3, 0.4) is 0 Å². The van der Waals surface area contributed by atoms with Gasteiger partial charge in [0.05, 0.1) is 24.3 Å². The second-order valence-electron chi connectivity index (χ2n) is 7.71. The highest BCUT2D eigenvalue weighted by molar-refractivity contribution is 6.05. The minimum absolute atomic E-state index is 0.463. The topological polar surface area (TPSA) is 105 Å². The van der Waals surface area contributed by atoms with E-state index in [0.717, 1.165) is 46.6 Å². The molecule has 0 unspecified atom stereocenters. The van der Waals surface area contributed by atoms with Gasteiger partial charge in [-0.1, -0.05) is 24.3 Å². The van der Waals surface area contributed by atoms with E-state index >= 15 is 0 Å². The van der Waals surface area contributed by atoms with Crippen molar-refractivity contribution in [3.63, 3.8) is 0 Å². The van der Waals surface area contributed by atoms with Crippen molar-refractivity contribution in [2.24, 2.45) is 0 Å². The normalized spacial score (nSPS) is 14.3. The fourth-order valence-electron chi connectivity index (χ4n) is 4.01. The number of ether oxygens (including phenoxy) is 1. The number of aromatic amines is 1. The lowest BCUT2D eigenvalue weighted by Gasteiger charge is -2.27. The zero-order chi connectivity index (χ0) is 21.5. The van der Waals surface area contributed by atoms with Gasteiger partial charge in [-0.25, -0.2) is 9.97 Å². The molecule has 2 N–H and O–H groups in total. The van der Waals surface area contributed by atoms with Crippen LogP contribution in [-0.4, -0.2) is 51.5 Å². The predicted molar refractivity (Wildman–Crippen MR) is 122 cm³/mol. The van der Waals surface area contributed by atoms with E-state index in [1.807, 2.05) is 30.3 Å². The number of morpholine rings is 1. The number of hydrogen-bond acceptors (Lipinski definition) is 8. The van der Waals surface area contributed by atoms with Crippen LogP contribution >= 0.6 is 0 Å². The van der Waals surface area contributed by atoms with Crippen molar-refractivity contribution in [2.45, 2.75) is 6.92 Å². The Morgan fingerprint density at radius 3 is 2.81 bits per heavy atom. The molecule has 0 radical (unpaired) electrons. The molecule has 0 bridgehead atoms. The summed E-state index contributed by atoms with van der Waals surface area (Å²) in [6.45, 7) is 4.83. The van der Waals surface area contributed by atoms with E-state index in [1.165, 1.54) is 0 Å². The molecule has 5 aromatic rings. The molecule has 0 spiro atoms. The van der Waals surface area contributed by atoms with E-state index in [9.17, 15) is 0 Å². The molecule has 0 aliphatic carbocycles. The first-order chi connectivity index (χ1) is 15.8. The van der Waals surface area contributed by atoms with Crippen LogP contribution in [0.5, 0.6) is 0 Å². The van der Waals surface area contributed by atoms with Gasteiger partial charge >= 0.3 is 0 Å². The SMILES string of the molecule is Cc1ccccc1-c1cc(Nc2nc(N3CCOCC3)c3oc4ncccc4c3n2)[nH]n1. The van der Waals surface area contributed by atoms with Gasteiger partial charge in [0.2, 0.25) is 11.7 Å². The largest absolute Gasteiger partial charge is 0.432 e. The Labute approximate surface area is 183 Å². The van der Waals surface area contributed by atoms with Gasteiger partial charge in [0, 0.05) is 30.9 Å². The number of benzene rings is 1. The molecule has 0 saturated carbocycles. The Hall–Kier alpha value is -3.98. The molecule has 1 aliphatic heterocycles. The molecule has 1 fully saturated rings. The van der Waals surface area contributed by atoms with E-state index in [0.29, 0.717) is 36.3 Å². The number of rotatable bonds is 4. The van der Waals surface area contributed by atoms with Gasteiger partial charge in [-0.05, 0) is 24.6 Å². The number of aryl methyl sites for hydroxylation is 1. The molecule has 4 aromatic heterocycles. The van der Waals surface area contributed by atoms with Gasteiger partial charge in [0.25, 0.3) is 0 Å². The monoisotopic (exact) mass is 427 g/mol. The summed E-state index contributed by atoms with van der Waals surface area (Å²) in [5.41, 5.74) is 5.01. The number of pyridine rings is 1. The summed E-state index contributed by atoms with van der Waals surface area (Å²) in [5.74, 6) is 1.91. The van der Waals surface area contributed by atoms with Gasteiger partial charge in [0.1, 0.15) is 11.3 Å². The number of aromatic nitrogens is 5. The maximum atomic E-state index is 6.05. The molecule has 6 rings (SSSR count). The molecular formula is C23H21N7O2. The van der Waals surface area contributed by atoms with Crippen molar-refractivity contribution in [3.8, 4) is 11.3 Å². The molecule has 32 heavy (non-hydrogen) atoms. The van der Waals surface area contributed by atoms with Crippen molar-refractivity contribution in [1.82, 2.24) is 25.1 Å². The molecule has 5 heterocycles. The fourth-order valence-corrected chi connectivity index (χ4v) is 4.01. The number of fused-ring (bicyclic) bond motifs is 3. The van der Waals surface area contributed by atoms with Crippen LogP contribution in [-0.2, 0) is 4.74 Å². The highest BCUT2D eigenvalue weighted by Gasteiger charge is 2.22. The average Bonchev–Trinajstić information content (AvgIpc) is 3.44. The number of furan rings is 1. The Balaban J connectivity index is 1.42. The molecule has 9 nitrogen and oxygen atoms in total. The maximum Gasteiger partial charge on any atom is 0.231 e. The molecule has 0 atom stereocenters. The van der Waals surface area contributed by atoms with Crippen molar-refractivity contribution in [3.05, 3.63) is 54.2 Å². The van der Waals surface area contributed by atoms with E-state index in [-0.39, 0.29) is 0 Å². The standard InChI is InChI=1S/C23H21N7O2/c1-14-5-2-3-6-15(14)17-13-18(29-28-17)25-23-26-19-16-7-4-8-24-22(16)32-20(19)21(27-23)30-9-11-31-12-10-30/h2-8,13H,9-12H2,1H3,(H2,25,26,27,28,29). The summed E-state index contributed by atoms with van der Waals surface area (Å²) in [6.07, 6.45) is 1.71. The summed E-state index contributed by atoms with van der Waals surface area (Å²) in [6, 6.07) is 13.9.